The van der Waals surface area contributed by atoms with Crippen molar-refractivity contribution < 1.29 is 24.6 Å². The zero-order valence-electron chi connectivity index (χ0n) is 11.4. The molecule has 1 amide bonds. The van der Waals surface area contributed by atoms with Gasteiger partial charge < -0.3 is 21.3 Å². The molecule has 7 heteroatoms. The van der Waals surface area contributed by atoms with E-state index in [1.165, 1.54) is 0 Å². The molecular weight excluding hydrogens is 276 g/mol. The summed E-state index contributed by atoms with van der Waals surface area (Å²) in [6, 6.07) is 5.90. The van der Waals surface area contributed by atoms with Crippen molar-refractivity contribution in [3.05, 3.63) is 35.4 Å². The van der Waals surface area contributed by atoms with Gasteiger partial charge in [0.05, 0.1) is 6.42 Å². The van der Waals surface area contributed by atoms with E-state index in [1.54, 1.807) is 24.3 Å². The lowest BCUT2D eigenvalue weighted by molar-refractivity contribution is -0.143. The van der Waals surface area contributed by atoms with Crippen LogP contribution in [0.1, 0.15) is 24.0 Å². The number of carboxylic acids is 2. The molecule has 0 unspecified atom stereocenters. The third-order valence-corrected chi connectivity index (χ3v) is 2.97. The minimum absolute atomic E-state index is 0.00419. The highest BCUT2D eigenvalue weighted by Crippen LogP contribution is 2.09. The maximum absolute atomic E-state index is 11.9. The smallest absolute Gasteiger partial charge is 0.326 e. The van der Waals surface area contributed by atoms with Crippen LogP contribution in [0.2, 0.25) is 0 Å². The highest BCUT2D eigenvalue weighted by atomic mass is 16.4. The van der Waals surface area contributed by atoms with Crippen molar-refractivity contribution >= 4 is 17.8 Å². The van der Waals surface area contributed by atoms with Crippen molar-refractivity contribution in [2.24, 2.45) is 5.73 Å². The fourth-order valence-electron chi connectivity index (χ4n) is 1.87. The SMILES string of the molecule is NCc1ccccc1CC(=O)N[C@@H](CCC(=O)O)C(=O)O. The van der Waals surface area contributed by atoms with E-state index in [0.717, 1.165) is 11.1 Å². The predicted molar refractivity (Wildman–Crippen MR) is 74.5 cm³/mol. The van der Waals surface area contributed by atoms with Gasteiger partial charge in [-0.15, -0.1) is 0 Å². The van der Waals surface area contributed by atoms with Crippen LogP contribution in [-0.4, -0.2) is 34.1 Å². The molecular formula is C14H18N2O5. The minimum Gasteiger partial charge on any atom is -0.481 e. The number of hydrogen-bond donors (Lipinski definition) is 4. The lowest BCUT2D eigenvalue weighted by atomic mass is 10.0. The molecule has 0 spiro atoms. The molecule has 0 aromatic heterocycles. The number of carbonyl (C=O) groups is 3. The standard InChI is InChI=1S/C14H18N2O5/c15-8-10-4-2-1-3-9(10)7-12(17)16-11(14(20)21)5-6-13(18)19/h1-4,11H,5-8,15H2,(H,16,17)(H,18,19)(H,20,21)/t11-/m0/s1. The summed E-state index contributed by atoms with van der Waals surface area (Å²) in [5.74, 6) is -2.84. The molecule has 0 aliphatic rings. The van der Waals surface area contributed by atoms with Gasteiger partial charge in [-0.2, -0.15) is 0 Å². The summed E-state index contributed by atoms with van der Waals surface area (Å²) in [5.41, 5.74) is 7.10. The number of benzene rings is 1. The van der Waals surface area contributed by atoms with Crippen molar-refractivity contribution in [3.8, 4) is 0 Å². The van der Waals surface area contributed by atoms with Gasteiger partial charge in [0.15, 0.2) is 0 Å². The van der Waals surface area contributed by atoms with Gasteiger partial charge in [0.25, 0.3) is 0 Å². The number of aliphatic carboxylic acids is 2. The van der Waals surface area contributed by atoms with E-state index in [-0.39, 0.29) is 25.8 Å². The lowest BCUT2D eigenvalue weighted by Gasteiger charge is -2.14. The van der Waals surface area contributed by atoms with Crippen molar-refractivity contribution in [2.45, 2.75) is 31.8 Å². The highest BCUT2D eigenvalue weighted by Gasteiger charge is 2.21. The second-order valence-electron chi connectivity index (χ2n) is 4.54. The van der Waals surface area contributed by atoms with Crippen LogP contribution in [0.25, 0.3) is 0 Å². The Labute approximate surface area is 121 Å². The van der Waals surface area contributed by atoms with E-state index in [9.17, 15) is 14.4 Å². The van der Waals surface area contributed by atoms with Crippen molar-refractivity contribution in [1.82, 2.24) is 5.32 Å². The number of carbonyl (C=O) groups excluding carboxylic acids is 1. The second-order valence-corrected chi connectivity index (χ2v) is 4.54. The Morgan fingerprint density at radius 1 is 1.14 bits per heavy atom. The van der Waals surface area contributed by atoms with E-state index in [1.807, 2.05) is 0 Å². The summed E-state index contributed by atoms with van der Waals surface area (Å²) in [4.78, 5) is 33.3. The molecule has 1 rings (SSSR count). The maximum atomic E-state index is 11.9. The second kappa shape index (κ2) is 8.01. The normalized spacial score (nSPS) is 11.7. The average molecular weight is 294 g/mol. The van der Waals surface area contributed by atoms with Gasteiger partial charge in [-0.3, -0.25) is 9.59 Å². The first-order valence-electron chi connectivity index (χ1n) is 6.44. The van der Waals surface area contributed by atoms with Gasteiger partial charge in [-0.1, -0.05) is 24.3 Å². The van der Waals surface area contributed by atoms with Crippen LogP contribution in [0.3, 0.4) is 0 Å². The van der Waals surface area contributed by atoms with E-state index >= 15 is 0 Å². The zero-order valence-corrected chi connectivity index (χ0v) is 11.4. The minimum atomic E-state index is -1.25. The summed E-state index contributed by atoms with van der Waals surface area (Å²) in [6.45, 7) is 0.283. The Bertz CT molecular complexity index is 530. The third-order valence-electron chi connectivity index (χ3n) is 2.97. The van der Waals surface area contributed by atoms with Crippen LogP contribution < -0.4 is 11.1 Å². The van der Waals surface area contributed by atoms with Crippen molar-refractivity contribution in [3.63, 3.8) is 0 Å². The summed E-state index contributed by atoms with van der Waals surface area (Å²) in [5, 5.41) is 19.9. The van der Waals surface area contributed by atoms with Crippen LogP contribution in [0, 0.1) is 0 Å². The number of rotatable bonds is 8. The van der Waals surface area contributed by atoms with Gasteiger partial charge in [0.1, 0.15) is 6.04 Å². The Hall–Kier alpha value is -2.41. The molecule has 21 heavy (non-hydrogen) atoms. The van der Waals surface area contributed by atoms with Gasteiger partial charge in [0.2, 0.25) is 5.91 Å². The topological polar surface area (TPSA) is 130 Å². The molecule has 1 aromatic rings. The van der Waals surface area contributed by atoms with Gasteiger partial charge in [0, 0.05) is 13.0 Å². The Morgan fingerprint density at radius 2 is 1.76 bits per heavy atom. The van der Waals surface area contributed by atoms with Crippen LogP contribution in [0.4, 0.5) is 0 Å². The molecule has 0 fully saturated rings. The number of carboxylic acid groups (broad SMARTS) is 2. The van der Waals surface area contributed by atoms with Crippen LogP contribution in [0.5, 0.6) is 0 Å². The highest BCUT2D eigenvalue weighted by molar-refractivity contribution is 5.85. The molecule has 0 bridgehead atoms. The summed E-state index contributed by atoms with van der Waals surface area (Å²) in [7, 11) is 0. The fourth-order valence-corrected chi connectivity index (χ4v) is 1.87. The predicted octanol–water partition coefficient (Wildman–Crippen LogP) is 0.122. The molecule has 0 heterocycles. The monoisotopic (exact) mass is 294 g/mol. The number of amides is 1. The van der Waals surface area contributed by atoms with Crippen LogP contribution >= 0.6 is 0 Å². The first-order chi connectivity index (χ1) is 9.93. The van der Waals surface area contributed by atoms with Crippen molar-refractivity contribution in [1.29, 1.82) is 0 Å². The van der Waals surface area contributed by atoms with Gasteiger partial charge >= 0.3 is 11.9 Å². The van der Waals surface area contributed by atoms with Crippen LogP contribution in [-0.2, 0) is 27.3 Å². The number of nitrogens with two attached hydrogens (primary N) is 1. The first kappa shape index (κ1) is 16.6. The maximum Gasteiger partial charge on any atom is 0.326 e. The molecule has 0 radical (unpaired) electrons. The molecule has 1 aromatic carbocycles. The van der Waals surface area contributed by atoms with Gasteiger partial charge in [-0.25, -0.2) is 4.79 Å². The Balaban J connectivity index is 2.65. The summed E-state index contributed by atoms with van der Waals surface area (Å²) < 4.78 is 0. The quantitative estimate of drug-likeness (QED) is 0.539. The van der Waals surface area contributed by atoms with E-state index in [4.69, 9.17) is 15.9 Å². The first-order valence-corrected chi connectivity index (χ1v) is 6.44. The number of hydrogen-bond acceptors (Lipinski definition) is 4. The van der Waals surface area contributed by atoms with E-state index < -0.39 is 23.9 Å². The third kappa shape index (κ3) is 5.62. The Kier molecular flexibility index (Phi) is 6.35. The Morgan fingerprint density at radius 3 is 2.29 bits per heavy atom. The van der Waals surface area contributed by atoms with E-state index in [2.05, 4.69) is 5.32 Å². The van der Waals surface area contributed by atoms with Crippen LogP contribution in [0.15, 0.2) is 24.3 Å². The summed E-state index contributed by atoms with van der Waals surface area (Å²) in [6.07, 6.45) is -0.476. The molecule has 0 aliphatic carbocycles. The average Bonchev–Trinajstić information content (AvgIpc) is 2.43. The molecule has 0 aliphatic heterocycles. The zero-order chi connectivity index (χ0) is 15.8. The molecule has 1 atom stereocenters. The van der Waals surface area contributed by atoms with Crippen molar-refractivity contribution in [2.75, 3.05) is 0 Å². The molecule has 0 saturated heterocycles. The summed E-state index contributed by atoms with van der Waals surface area (Å²) >= 11 is 0. The fraction of sp³-hybridized carbons (Fsp3) is 0.357. The largest absolute Gasteiger partial charge is 0.481 e. The molecule has 7 nitrogen and oxygen atoms in total. The van der Waals surface area contributed by atoms with E-state index in [0.29, 0.717) is 0 Å². The number of nitrogens with one attached hydrogen (secondary N) is 1. The molecule has 114 valence electrons. The molecule has 0 saturated carbocycles. The molecule has 5 N–H and O–H groups in total. The lowest BCUT2D eigenvalue weighted by Crippen LogP contribution is -2.41. The van der Waals surface area contributed by atoms with Gasteiger partial charge in [-0.05, 0) is 17.5 Å².